The van der Waals surface area contributed by atoms with Crippen molar-refractivity contribution in [1.29, 1.82) is 0 Å². The zero-order valence-electron chi connectivity index (χ0n) is 21.8. The third-order valence-electron chi connectivity index (χ3n) is 6.66. The van der Waals surface area contributed by atoms with Crippen LogP contribution in [-0.4, -0.2) is 41.2 Å². The van der Waals surface area contributed by atoms with Crippen molar-refractivity contribution in [3.63, 3.8) is 0 Å². The normalized spacial score (nSPS) is 17.5. The molecular weight excluding hydrogens is 454 g/mol. The highest BCUT2D eigenvalue weighted by Crippen LogP contribution is 2.41. The number of hydrogen-bond donors (Lipinski definition) is 0. The summed E-state index contributed by atoms with van der Waals surface area (Å²) in [6.07, 6.45) is 3.85. The number of imidazole rings is 1. The monoisotopic (exact) mass is 491 g/mol. The Hall–Kier alpha value is -3.35. The van der Waals surface area contributed by atoms with Crippen LogP contribution in [0.25, 0.3) is 11.0 Å². The molecule has 3 aromatic rings. The third kappa shape index (κ3) is 5.25. The molecule has 0 aliphatic carbocycles. The predicted octanol–water partition coefficient (Wildman–Crippen LogP) is 5.77. The van der Waals surface area contributed by atoms with Crippen molar-refractivity contribution in [3.8, 4) is 5.75 Å². The molecule has 0 N–H and O–H groups in total. The minimum atomic E-state index is -0.996. The van der Waals surface area contributed by atoms with Crippen molar-refractivity contribution in [2.75, 3.05) is 24.7 Å². The molecule has 7 nitrogen and oxygen atoms in total. The first-order valence-electron chi connectivity index (χ1n) is 13.1. The van der Waals surface area contributed by atoms with Gasteiger partial charge in [-0.15, -0.1) is 0 Å². The van der Waals surface area contributed by atoms with Crippen LogP contribution in [0.4, 0.5) is 5.95 Å². The van der Waals surface area contributed by atoms with E-state index >= 15 is 0 Å². The summed E-state index contributed by atoms with van der Waals surface area (Å²) in [5.41, 5.74) is 2.52. The van der Waals surface area contributed by atoms with E-state index in [2.05, 4.69) is 20.8 Å². The summed E-state index contributed by atoms with van der Waals surface area (Å²) in [7, 11) is 0. The van der Waals surface area contributed by atoms with Gasteiger partial charge in [-0.25, -0.2) is 4.98 Å². The van der Waals surface area contributed by atoms with Crippen LogP contribution in [0.5, 0.6) is 5.75 Å². The number of amides is 1. The number of esters is 1. The fourth-order valence-electron chi connectivity index (χ4n) is 4.75. The lowest BCUT2D eigenvalue weighted by Crippen LogP contribution is -2.50. The molecule has 1 aliphatic rings. The second-order valence-corrected chi connectivity index (χ2v) is 9.74. The molecule has 2 atom stereocenters. The van der Waals surface area contributed by atoms with Gasteiger partial charge in [0.05, 0.1) is 30.3 Å². The van der Waals surface area contributed by atoms with Crippen LogP contribution >= 0.6 is 0 Å². The van der Waals surface area contributed by atoms with Gasteiger partial charge in [-0.1, -0.05) is 57.9 Å². The molecule has 1 aromatic heterocycles. The number of fused-ring (bicyclic) bond motifs is 3. The zero-order chi connectivity index (χ0) is 25.7. The molecule has 0 bridgehead atoms. The maximum Gasteiger partial charge on any atom is 0.321 e. The highest BCUT2D eigenvalue weighted by Gasteiger charge is 2.47. The minimum absolute atomic E-state index is 0.214. The summed E-state index contributed by atoms with van der Waals surface area (Å²) in [6, 6.07) is 15.0. The number of unbranched alkanes of at least 4 members (excludes halogenated alkanes) is 2. The van der Waals surface area contributed by atoms with Crippen molar-refractivity contribution in [2.45, 2.75) is 59.4 Å². The van der Waals surface area contributed by atoms with Crippen LogP contribution < -0.4 is 9.64 Å². The quantitative estimate of drug-likeness (QED) is 0.193. The Bertz CT molecular complexity index is 1180. The third-order valence-corrected chi connectivity index (χ3v) is 6.66. The van der Waals surface area contributed by atoms with Crippen LogP contribution in [-0.2, 0) is 14.3 Å². The molecule has 192 valence electrons. The minimum Gasteiger partial charge on any atom is -0.494 e. The van der Waals surface area contributed by atoms with Gasteiger partial charge < -0.3 is 14.0 Å². The number of rotatable bonds is 11. The number of anilines is 1. The van der Waals surface area contributed by atoms with Gasteiger partial charge >= 0.3 is 5.97 Å². The topological polar surface area (TPSA) is 73.7 Å². The lowest BCUT2D eigenvalue weighted by Gasteiger charge is -2.38. The first kappa shape index (κ1) is 25.7. The van der Waals surface area contributed by atoms with Crippen molar-refractivity contribution in [2.24, 2.45) is 11.8 Å². The van der Waals surface area contributed by atoms with E-state index in [4.69, 9.17) is 14.5 Å². The van der Waals surface area contributed by atoms with Crippen LogP contribution in [0, 0.1) is 11.8 Å². The molecule has 7 heteroatoms. The second-order valence-electron chi connectivity index (χ2n) is 9.74. The fourth-order valence-corrected chi connectivity index (χ4v) is 4.75. The standard InChI is InChI=1S/C29H37N3O4/c1-5-7-10-18-31-27(33)25(28(34)35-6-2)26(32-24-12-9-8-11-23(24)30-29(31)32)21-13-15-22(16-14-21)36-19-17-20(3)4/h8-9,11-16,20,25-26H,5-7,10,17-19H2,1-4H3. The number of aromatic nitrogens is 2. The highest BCUT2D eigenvalue weighted by molar-refractivity contribution is 6.08. The Morgan fingerprint density at radius 2 is 1.81 bits per heavy atom. The van der Waals surface area contributed by atoms with Gasteiger partial charge in [0.1, 0.15) is 5.75 Å². The van der Waals surface area contributed by atoms with E-state index in [1.807, 2.05) is 53.1 Å². The molecule has 4 rings (SSSR count). The largest absolute Gasteiger partial charge is 0.494 e. The van der Waals surface area contributed by atoms with E-state index < -0.39 is 17.9 Å². The van der Waals surface area contributed by atoms with E-state index in [1.165, 1.54) is 0 Å². The number of ether oxygens (including phenoxy) is 2. The number of carbonyl (C=O) groups is 2. The number of hydrogen-bond acceptors (Lipinski definition) is 5. The van der Waals surface area contributed by atoms with Crippen molar-refractivity contribution >= 4 is 28.9 Å². The number of nitrogens with zero attached hydrogens (tertiary/aromatic N) is 3. The van der Waals surface area contributed by atoms with Gasteiger partial charge in [-0.3, -0.25) is 14.5 Å². The molecule has 0 saturated heterocycles. The number of carbonyl (C=O) groups excluding carboxylic acids is 2. The average molecular weight is 492 g/mol. The van der Waals surface area contributed by atoms with Crippen molar-refractivity contribution in [3.05, 3.63) is 54.1 Å². The van der Waals surface area contributed by atoms with Gasteiger partial charge in [-0.2, -0.15) is 0 Å². The Morgan fingerprint density at radius 3 is 2.50 bits per heavy atom. The van der Waals surface area contributed by atoms with E-state index in [0.717, 1.165) is 48.0 Å². The van der Waals surface area contributed by atoms with Crippen molar-refractivity contribution < 1.29 is 19.1 Å². The number of benzene rings is 2. The van der Waals surface area contributed by atoms with Gasteiger partial charge in [0.15, 0.2) is 5.92 Å². The van der Waals surface area contributed by atoms with Crippen LogP contribution in [0.15, 0.2) is 48.5 Å². The van der Waals surface area contributed by atoms with Gasteiger partial charge in [0, 0.05) is 6.54 Å². The smallest absolute Gasteiger partial charge is 0.321 e. The summed E-state index contributed by atoms with van der Waals surface area (Å²) >= 11 is 0. The van der Waals surface area contributed by atoms with Crippen LogP contribution in [0.2, 0.25) is 0 Å². The molecule has 1 aliphatic heterocycles. The predicted molar refractivity (Wildman–Crippen MR) is 141 cm³/mol. The SMILES string of the molecule is CCCCCN1C(=O)C(C(=O)OCC)C(c2ccc(OCCC(C)C)cc2)n2c1nc1ccccc12. The van der Waals surface area contributed by atoms with E-state index in [9.17, 15) is 9.59 Å². The summed E-state index contributed by atoms with van der Waals surface area (Å²) < 4.78 is 13.4. The second kappa shape index (κ2) is 11.6. The summed E-state index contributed by atoms with van der Waals surface area (Å²) in [5, 5.41) is 0. The molecule has 0 fully saturated rings. The maximum absolute atomic E-state index is 13.9. The first-order chi connectivity index (χ1) is 17.5. The average Bonchev–Trinajstić information content (AvgIpc) is 3.24. The van der Waals surface area contributed by atoms with Gasteiger partial charge in [0.2, 0.25) is 11.9 Å². The number of para-hydroxylation sites is 2. The molecule has 1 amide bonds. The lowest BCUT2D eigenvalue weighted by atomic mass is 9.89. The van der Waals surface area contributed by atoms with Crippen LogP contribution in [0.3, 0.4) is 0 Å². The lowest BCUT2D eigenvalue weighted by molar-refractivity contribution is -0.153. The summed E-state index contributed by atoms with van der Waals surface area (Å²) in [6.45, 7) is 9.60. The molecule has 2 heterocycles. The molecule has 2 aromatic carbocycles. The maximum atomic E-state index is 13.9. The van der Waals surface area contributed by atoms with Crippen molar-refractivity contribution in [1.82, 2.24) is 9.55 Å². The van der Waals surface area contributed by atoms with Crippen LogP contribution in [0.1, 0.15) is 65.0 Å². The van der Waals surface area contributed by atoms with Gasteiger partial charge in [-0.05, 0) is 55.5 Å². The molecule has 0 spiro atoms. The van der Waals surface area contributed by atoms with E-state index in [-0.39, 0.29) is 12.5 Å². The Morgan fingerprint density at radius 1 is 1.06 bits per heavy atom. The fraction of sp³-hybridized carbons (Fsp3) is 0.483. The highest BCUT2D eigenvalue weighted by atomic mass is 16.5. The van der Waals surface area contributed by atoms with E-state index in [1.54, 1.807) is 11.8 Å². The summed E-state index contributed by atoms with van der Waals surface area (Å²) in [4.78, 5) is 33.7. The molecule has 0 saturated carbocycles. The summed E-state index contributed by atoms with van der Waals surface area (Å²) in [5.74, 6) is 0.162. The molecule has 2 unspecified atom stereocenters. The zero-order valence-corrected chi connectivity index (χ0v) is 21.8. The molecular formula is C29H37N3O4. The first-order valence-corrected chi connectivity index (χ1v) is 13.1. The Kier molecular flexibility index (Phi) is 8.28. The van der Waals surface area contributed by atoms with Gasteiger partial charge in [0.25, 0.3) is 0 Å². The Balaban J connectivity index is 1.79. The molecule has 36 heavy (non-hydrogen) atoms. The molecule has 0 radical (unpaired) electrons. The Labute approximate surface area is 213 Å². The van der Waals surface area contributed by atoms with E-state index in [0.29, 0.717) is 25.0 Å².